The number of oxime groups is 1. The van der Waals surface area contributed by atoms with E-state index in [9.17, 15) is 8.78 Å². The van der Waals surface area contributed by atoms with E-state index in [0.29, 0.717) is 6.07 Å². The molecule has 0 atom stereocenters. The number of benzene rings is 1. The average molecular weight is 202 g/mol. The molecule has 1 aromatic carbocycles. The lowest BCUT2D eigenvalue weighted by atomic mass is 10.3. The van der Waals surface area contributed by atoms with Gasteiger partial charge in [-0.15, -0.1) is 0 Å². The Labute approximate surface area is 78.6 Å². The minimum atomic E-state index is -0.837. The molecule has 0 saturated heterocycles. The van der Waals surface area contributed by atoms with Gasteiger partial charge in [-0.2, -0.15) is 0 Å². The highest BCUT2D eigenvalue weighted by molar-refractivity contribution is 5.81. The van der Waals surface area contributed by atoms with E-state index in [1.165, 1.54) is 0 Å². The molecule has 0 saturated carbocycles. The zero-order chi connectivity index (χ0) is 10.6. The SMILES string of the molecule is N/C(COc1ccc(F)cc1F)=N\O. The molecule has 14 heavy (non-hydrogen) atoms. The van der Waals surface area contributed by atoms with Crippen molar-refractivity contribution in [1.82, 2.24) is 0 Å². The Morgan fingerprint density at radius 1 is 1.50 bits per heavy atom. The van der Waals surface area contributed by atoms with Crippen molar-refractivity contribution in [2.24, 2.45) is 10.9 Å². The van der Waals surface area contributed by atoms with Crippen molar-refractivity contribution in [1.29, 1.82) is 0 Å². The standard InChI is InChI=1S/C8H8F2N2O2/c9-5-1-2-7(6(10)3-5)14-4-8(11)12-13/h1-3,13H,4H2,(H2,11,12). The molecule has 0 aliphatic carbocycles. The normalized spacial score (nSPS) is 11.4. The molecule has 76 valence electrons. The van der Waals surface area contributed by atoms with E-state index in [2.05, 4.69) is 5.16 Å². The molecular weight excluding hydrogens is 194 g/mol. The fourth-order valence-electron chi connectivity index (χ4n) is 0.773. The van der Waals surface area contributed by atoms with E-state index < -0.39 is 11.6 Å². The van der Waals surface area contributed by atoms with Crippen molar-refractivity contribution in [3.8, 4) is 5.75 Å². The molecule has 0 spiro atoms. The molecule has 0 amide bonds. The fourth-order valence-corrected chi connectivity index (χ4v) is 0.773. The zero-order valence-electron chi connectivity index (χ0n) is 7.08. The Hall–Kier alpha value is -1.85. The fraction of sp³-hybridized carbons (Fsp3) is 0.125. The molecule has 0 aliphatic heterocycles. The van der Waals surface area contributed by atoms with Crippen LogP contribution in [-0.4, -0.2) is 17.6 Å². The summed E-state index contributed by atoms with van der Waals surface area (Å²) in [5, 5.41) is 10.8. The van der Waals surface area contributed by atoms with Gasteiger partial charge in [0.2, 0.25) is 0 Å². The van der Waals surface area contributed by atoms with E-state index in [1.807, 2.05) is 0 Å². The molecule has 0 fully saturated rings. The first-order chi connectivity index (χ1) is 6.63. The number of hydrogen-bond donors (Lipinski definition) is 2. The molecular formula is C8H8F2N2O2. The Balaban J connectivity index is 2.68. The van der Waals surface area contributed by atoms with Gasteiger partial charge in [0.05, 0.1) is 0 Å². The van der Waals surface area contributed by atoms with Crippen LogP contribution in [0.15, 0.2) is 23.4 Å². The lowest BCUT2D eigenvalue weighted by Crippen LogP contribution is -2.21. The van der Waals surface area contributed by atoms with Crippen molar-refractivity contribution < 1.29 is 18.7 Å². The third-order valence-electron chi connectivity index (χ3n) is 1.40. The second kappa shape index (κ2) is 4.40. The second-order valence-corrected chi connectivity index (χ2v) is 2.45. The number of amidine groups is 1. The van der Waals surface area contributed by atoms with Crippen LogP contribution in [-0.2, 0) is 0 Å². The van der Waals surface area contributed by atoms with Crippen LogP contribution < -0.4 is 10.5 Å². The van der Waals surface area contributed by atoms with Crippen molar-refractivity contribution >= 4 is 5.84 Å². The van der Waals surface area contributed by atoms with Gasteiger partial charge in [-0.25, -0.2) is 8.78 Å². The zero-order valence-corrected chi connectivity index (χ0v) is 7.08. The molecule has 0 aliphatic rings. The largest absolute Gasteiger partial charge is 0.482 e. The van der Waals surface area contributed by atoms with Crippen LogP contribution in [0.3, 0.4) is 0 Å². The third kappa shape index (κ3) is 2.58. The summed E-state index contributed by atoms with van der Waals surface area (Å²) in [6.45, 7) is -0.265. The molecule has 0 radical (unpaired) electrons. The summed E-state index contributed by atoms with van der Waals surface area (Å²) in [5.41, 5.74) is 5.08. The summed E-state index contributed by atoms with van der Waals surface area (Å²) in [6, 6.07) is 2.85. The first kappa shape index (κ1) is 10.2. The molecule has 3 N–H and O–H groups in total. The lowest BCUT2D eigenvalue weighted by molar-refractivity contribution is 0.303. The topological polar surface area (TPSA) is 67.8 Å². The summed E-state index contributed by atoms with van der Waals surface area (Å²) in [7, 11) is 0. The van der Waals surface area contributed by atoms with Crippen molar-refractivity contribution in [3.63, 3.8) is 0 Å². The predicted octanol–water partition coefficient (Wildman–Crippen LogP) is 1.09. The first-order valence-corrected chi connectivity index (χ1v) is 3.67. The number of nitrogens with zero attached hydrogens (tertiary/aromatic N) is 1. The second-order valence-electron chi connectivity index (χ2n) is 2.45. The highest BCUT2D eigenvalue weighted by atomic mass is 19.1. The van der Waals surface area contributed by atoms with Gasteiger partial charge in [0.1, 0.15) is 12.4 Å². The van der Waals surface area contributed by atoms with Gasteiger partial charge in [0.25, 0.3) is 0 Å². The number of ether oxygens (including phenoxy) is 1. The van der Waals surface area contributed by atoms with E-state index in [1.54, 1.807) is 0 Å². The first-order valence-electron chi connectivity index (χ1n) is 3.67. The maximum atomic E-state index is 12.9. The minimum absolute atomic E-state index is 0.155. The Kier molecular flexibility index (Phi) is 3.22. The number of nitrogens with two attached hydrogens (primary N) is 1. The van der Waals surface area contributed by atoms with E-state index >= 15 is 0 Å². The number of halogens is 2. The van der Waals surface area contributed by atoms with Gasteiger partial charge >= 0.3 is 0 Å². The average Bonchev–Trinajstić information content (AvgIpc) is 2.16. The Morgan fingerprint density at radius 3 is 2.79 bits per heavy atom. The Morgan fingerprint density at radius 2 is 2.21 bits per heavy atom. The Bertz CT molecular complexity index is 355. The van der Waals surface area contributed by atoms with Gasteiger partial charge < -0.3 is 15.7 Å². The van der Waals surface area contributed by atoms with Crippen LogP contribution in [0.1, 0.15) is 0 Å². The maximum Gasteiger partial charge on any atom is 0.177 e. The van der Waals surface area contributed by atoms with Gasteiger partial charge in [0, 0.05) is 6.07 Å². The van der Waals surface area contributed by atoms with E-state index in [4.69, 9.17) is 15.7 Å². The van der Waals surface area contributed by atoms with Crippen LogP contribution in [0.2, 0.25) is 0 Å². The molecule has 0 aromatic heterocycles. The molecule has 0 bridgehead atoms. The number of rotatable bonds is 3. The quantitative estimate of drug-likeness (QED) is 0.333. The molecule has 1 aromatic rings. The van der Waals surface area contributed by atoms with Crippen molar-refractivity contribution in [2.45, 2.75) is 0 Å². The van der Waals surface area contributed by atoms with Crippen LogP contribution >= 0.6 is 0 Å². The maximum absolute atomic E-state index is 12.9. The third-order valence-corrected chi connectivity index (χ3v) is 1.40. The van der Waals surface area contributed by atoms with Gasteiger partial charge in [-0.3, -0.25) is 0 Å². The van der Waals surface area contributed by atoms with Crippen LogP contribution in [0, 0.1) is 11.6 Å². The van der Waals surface area contributed by atoms with Crippen LogP contribution in [0.25, 0.3) is 0 Å². The summed E-state index contributed by atoms with van der Waals surface area (Å²) < 4.78 is 30.1. The molecule has 4 nitrogen and oxygen atoms in total. The summed E-state index contributed by atoms with van der Waals surface area (Å²) in [4.78, 5) is 0. The highest BCUT2D eigenvalue weighted by Gasteiger charge is 2.05. The van der Waals surface area contributed by atoms with Crippen molar-refractivity contribution in [2.75, 3.05) is 6.61 Å². The highest BCUT2D eigenvalue weighted by Crippen LogP contribution is 2.17. The monoisotopic (exact) mass is 202 g/mol. The van der Waals surface area contributed by atoms with Crippen LogP contribution in [0.4, 0.5) is 8.78 Å². The minimum Gasteiger partial charge on any atom is -0.482 e. The summed E-state index contributed by atoms with van der Waals surface area (Å²) in [6.07, 6.45) is 0. The summed E-state index contributed by atoms with van der Waals surface area (Å²) >= 11 is 0. The molecule has 6 heteroatoms. The smallest absolute Gasteiger partial charge is 0.177 e. The molecule has 1 rings (SSSR count). The molecule has 0 unspecified atom stereocenters. The van der Waals surface area contributed by atoms with Gasteiger partial charge in [-0.1, -0.05) is 5.16 Å². The lowest BCUT2D eigenvalue weighted by Gasteiger charge is -2.05. The van der Waals surface area contributed by atoms with E-state index in [-0.39, 0.29) is 18.2 Å². The number of hydrogen-bond acceptors (Lipinski definition) is 3. The predicted molar refractivity (Wildman–Crippen MR) is 45.3 cm³/mol. The van der Waals surface area contributed by atoms with Gasteiger partial charge in [0.15, 0.2) is 17.4 Å². The van der Waals surface area contributed by atoms with Crippen LogP contribution in [0.5, 0.6) is 5.75 Å². The van der Waals surface area contributed by atoms with E-state index in [0.717, 1.165) is 12.1 Å². The van der Waals surface area contributed by atoms with Crippen molar-refractivity contribution in [3.05, 3.63) is 29.8 Å². The molecule has 0 heterocycles. The summed E-state index contributed by atoms with van der Waals surface area (Å²) in [5.74, 6) is -1.89. The van der Waals surface area contributed by atoms with Gasteiger partial charge in [-0.05, 0) is 12.1 Å².